The molecule has 1 saturated carbocycles. The zero-order valence-electron chi connectivity index (χ0n) is 16.6. The number of nitrogens with zero attached hydrogens (tertiary/aromatic N) is 2. The second-order valence-electron chi connectivity index (χ2n) is 7.78. The predicted molar refractivity (Wildman–Crippen MR) is 120 cm³/mol. The number of pyridine rings is 2. The van der Waals surface area contributed by atoms with Crippen LogP contribution in [0.15, 0.2) is 48.8 Å². The van der Waals surface area contributed by atoms with Gasteiger partial charge in [-0.15, -0.1) is 0 Å². The van der Waals surface area contributed by atoms with Gasteiger partial charge in [0.05, 0.1) is 23.4 Å². The first-order valence-corrected chi connectivity index (χ1v) is 10.4. The molecular weight excluding hydrogens is 400 g/mol. The number of anilines is 2. The van der Waals surface area contributed by atoms with E-state index < -0.39 is 0 Å². The highest BCUT2D eigenvalue weighted by Gasteiger charge is 2.22. The molecule has 0 aliphatic heterocycles. The standard InChI is InChI=1S/C23H25ClN4O2/c24-21-10-22(27-11-14-3-4-19(30)6-14)28-12-20(21)16-7-17(9-18(25)8-16)23-15(13-29)2-1-5-26-23/h1-2,5,7-10,12,14,19,29-30H,3-4,6,11,13,25H2,(H,27,28). The molecule has 6 nitrogen and oxygen atoms in total. The van der Waals surface area contributed by atoms with E-state index in [0.29, 0.717) is 28.1 Å². The van der Waals surface area contributed by atoms with Crippen molar-refractivity contribution < 1.29 is 10.2 Å². The SMILES string of the molecule is Nc1cc(-c2cnc(NCC3CCC(O)C3)cc2Cl)cc(-c2ncccc2CO)c1. The van der Waals surface area contributed by atoms with E-state index >= 15 is 0 Å². The highest BCUT2D eigenvalue weighted by molar-refractivity contribution is 6.33. The fourth-order valence-corrected chi connectivity index (χ4v) is 4.25. The van der Waals surface area contributed by atoms with Gasteiger partial charge >= 0.3 is 0 Å². The number of nitrogens with one attached hydrogen (secondary N) is 1. The average Bonchev–Trinajstić information content (AvgIpc) is 3.17. The van der Waals surface area contributed by atoms with Gasteiger partial charge in [-0.05, 0) is 61.1 Å². The van der Waals surface area contributed by atoms with Crippen molar-refractivity contribution in [3.8, 4) is 22.4 Å². The highest BCUT2D eigenvalue weighted by atomic mass is 35.5. The molecule has 2 aromatic heterocycles. The van der Waals surface area contributed by atoms with Crippen molar-refractivity contribution in [1.29, 1.82) is 0 Å². The third kappa shape index (κ3) is 4.56. The van der Waals surface area contributed by atoms with Crippen LogP contribution in [0.4, 0.5) is 11.5 Å². The number of hydrogen-bond donors (Lipinski definition) is 4. The van der Waals surface area contributed by atoms with Gasteiger partial charge in [-0.1, -0.05) is 17.7 Å². The van der Waals surface area contributed by atoms with Crippen molar-refractivity contribution in [2.75, 3.05) is 17.6 Å². The predicted octanol–water partition coefficient (Wildman–Crippen LogP) is 4.11. The minimum atomic E-state index is -0.182. The quantitative estimate of drug-likeness (QED) is 0.444. The first kappa shape index (κ1) is 20.6. The van der Waals surface area contributed by atoms with Crippen molar-refractivity contribution in [2.24, 2.45) is 5.92 Å². The maximum atomic E-state index is 9.67. The Morgan fingerprint density at radius 2 is 1.97 bits per heavy atom. The minimum Gasteiger partial charge on any atom is -0.399 e. The Kier molecular flexibility index (Phi) is 6.18. The number of nitrogen functional groups attached to an aromatic ring is 1. The summed E-state index contributed by atoms with van der Waals surface area (Å²) in [5.41, 5.74) is 10.6. The molecule has 156 valence electrons. The summed E-state index contributed by atoms with van der Waals surface area (Å²) >= 11 is 6.58. The summed E-state index contributed by atoms with van der Waals surface area (Å²) < 4.78 is 0. The zero-order chi connectivity index (χ0) is 21.1. The molecule has 1 aliphatic rings. The lowest BCUT2D eigenvalue weighted by molar-refractivity contribution is 0.178. The van der Waals surface area contributed by atoms with Gasteiger partial charge in [0, 0.05) is 41.3 Å². The smallest absolute Gasteiger partial charge is 0.127 e. The average molecular weight is 425 g/mol. The van der Waals surface area contributed by atoms with E-state index in [4.69, 9.17) is 17.3 Å². The topological polar surface area (TPSA) is 104 Å². The molecule has 5 N–H and O–H groups in total. The number of nitrogens with two attached hydrogens (primary N) is 1. The molecule has 2 atom stereocenters. The first-order valence-electron chi connectivity index (χ1n) is 10.1. The summed E-state index contributed by atoms with van der Waals surface area (Å²) in [6, 6.07) is 11.1. The molecule has 1 aliphatic carbocycles. The summed E-state index contributed by atoms with van der Waals surface area (Å²) in [7, 11) is 0. The van der Waals surface area contributed by atoms with Crippen LogP contribution in [0.1, 0.15) is 24.8 Å². The highest BCUT2D eigenvalue weighted by Crippen LogP contribution is 2.34. The Balaban J connectivity index is 1.58. The Bertz CT molecular complexity index is 1040. The van der Waals surface area contributed by atoms with Crippen molar-refractivity contribution in [3.63, 3.8) is 0 Å². The van der Waals surface area contributed by atoms with E-state index in [2.05, 4.69) is 15.3 Å². The van der Waals surface area contributed by atoms with Gasteiger partial charge in [-0.2, -0.15) is 0 Å². The largest absolute Gasteiger partial charge is 0.399 e. The molecule has 1 aromatic carbocycles. The van der Waals surface area contributed by atoms with Gasteiger partial charge in [0.2, 0.25) is 0 Å². The molecule has 3 aromatic rings. The van der Waals surface area contributed by atoms with Crippen LogP contribution in [-0.4, -0.2) is 32.8 Å². The molecule has 0 bridgehead atoms. The molecule has 0 saturated heterocycles. The minimum absolute atomic E-state index is 0.103. The monoisotopic (exact) mass is 424 g/mol. The molecule has 0 spiro atoms. The lowest BCUT2D eigenvalue weighted by Crippen LogP contribution is -2.13. The first-order chi connectivity index (χ1) is 14.5. The van der Waals surface area contributed by atoms with Crippen molar-refractivity contribution in [3.05, 3.63) is 59.4 Å². The Hall–Kier alpha value is -2.67. The van der Waals surface area contributed by atoms with E-state index in [1.807, 2.05) is 30.3 Å². The summed E-state index contributed by atoms with van der Waals surface area (Å²) in [6.07, 6.45) is 5.96. The van der Waals surface area contributed by atoms with Crippen LogP contribution >= 0.6 is 11.6 Å². The molecule has 7 heteroatoms. The second-order valence-corrected chi connectivity index (χ2v) is 8.18. The van der Waals surface area contributed by atoms with Gasteiger partial charge in [0.15, 0.2) is 0 Å². The Morgan fingerprint density at radius 3 is 2.70 bits per heavy atom. The Morgan fingerprint density at radius 1 is 1.13 bits per heavy atom. The molecule has 1 fully saturated rings. The number of aliphatic hydroxyl groups is 2. The van der Waals surface area contributed by atoms with Crippen LogP contribution in [0.3, 0.4) is 0 Å². The van der Waals surface area contributed by atoms with E-state index in [0.717, 1.165) is 48.1 Å². The van der Waals surface area contributed by atoms with Crippen molar-refractivity contribution >= 4 is 23.1 Å². The molecule has 0 amide bonds. The molecule has 2 unspecified atom stereocenters. The summed E-state index contributed by atoms with van der Waals surface area (Å²) in [5.74, 6) is 1.16. The molecule has 0 radical (unpaired) electrons. The zero-order valence-corrected chi connectivity index (χ0v) is 17.3. The summed E-state index contributed by atoms with van der Waals surface area (Å²) in [6.45, 7) is 0.666. The maximum Gasteiger partial charge on any atom is 0.127 e. The molecule has 4 rings (SSSR count). The fourth-order valence-electron chi connectivity index (χ4n) is 3.99. The lowest BCUT2D eigenvalue weighted by Gasteiger charge is -2.14. The van der Waals surface area contributed by atoms with Crippen LogP contribution in [0.5, 0.6) is 0 Å². The third-order valence-corrected chi connectivity index (χ3v) is 5.85. The number of aliphatic hydroxyl groups excluding tert-OH is 2. The third-order valence-electron chi connectivity index (χ3n) is 5.54. The van der Waals surface area contributed by atoms with Gasteiger partial charge in [-0.3, -0.25) is 4.98 Å². The van der Waals surface area contributed by atoms with Gasteiger partial charge < -0.3 is 21.3 Å². The van der Waals surface area contributed by atoms with Crippen LogP contribution in [0.25, 0.3) is 22.4 Å². The fraction of sp³-hybridized carbons (Fsp3) is 0.304. The number of rotatable bonds is 6. The summed E-state index contributed by atoms with van der Waals surface area (Å²) in [4.78, 5) is 8.91. The number of benzene rings is 1. The lowest BCUT2D eigenvalue weighted by atomic mass is 9.99. The van der Waals surface area contributed by atoms with Crippen LogP contribution in [0, 0.1) is 5.92 Å². The van der Waals surface area contributed by atoms with Crippen molar-refractivity contribution in [1.82, 2.24) is 9.97 Å². The maximum absolute atomic E-state index is 9.67. The summed E-state index contributed by atoms with van der Waals surface area (Å²) in [5, 5.41) is 23.2. The van der Waals surface area contributed by atoms with E-state index in [-0.39, 0.29) is 12.7 Å². The van der Waals surface area contributed by atoms with E-state index in [1.54, 1.807) is 18.5 Å². The number of halogens is 1. The van der Waals surface area contributed by atoms with E-state index in [1.165, 1.54) is 0 Å². The molecule has 30 heavy (non-hydrogen) atoms. The number of hydrogen-bond acceptors (Lipinski definition) is 6. The normalized spacial score (nSPS) is 18.5. The van der Waals surface area contributed by atoms with Gasteiger partial charge in [-0.25, -0.2) is 4.98 Å². The Labute approximate surface area is 180 Å². The second kappa shape index (κ2) is 9.00. The van der Waals surface area contributed by atoms with Crippen LogP contribution in [0.2, 0.25) is 5.02 Å². The van der Waals surface area contributed by atoms with Crippen LogP contribution in [-0.2, 0) is 6.61 Å². The molecular formula is C23H25ClN4O2. The van der Waals surface area contributed by atoms with Crippen molar-refractivity contribution in [2.45, 2.75) is 32.0 Å². The van der Waals surface area contributed by atoms with Gasteiger partial charge in [0.1, 0.15) is 5.82 Å². The van der Waals surface area contributed by atoms with Crippen LogP contribution < -0.4 is 11.1 Å². The van der Waals surface area contributed by atoms with E-state index in [9.17, 15) is 10.2 Å². The number of aromatic nitrogens is 2. The van der Waals surface area contributed by atoms with Gasteiger partial charge in [0.25, 0.3) is 0 Å². The molecule has 2 heterocycles.